The molecule has 2 N–H and O–H groups in total. The fourth-order valence-corrected chi connectivity index (χ4v) is 1.63. The maximum Gasteiger partial charge on any atom is 0.152 e. The maximum atomic E-state index is 5.58. The number of furan rings is 1. The summed E-state index contributed by atoms with van der Waals surface area (Å²) in [4.78, 5) is 0. The van der Waals surface area contributed by atoms with Crippen LogP contribution in [0.5, 0.6) is 0 Å². The van der Waals surface area contributed by atoms with Gasteiger partial charge in [0.05, 0.1) is 6.20 Å². The van der Waals surface area contributed by atoms with Crippen LogP contribution in [0.2, 0.25) is 0 Å². The van der Waals surface area contributed by atoms with Crippen molar-refractivity contribution in [2.24, 2.45) is 0 Å². The van der Waals surface area contributed by atoms with Gasteiger partial charge in [-0.1, -0.05) is 6.92 Å². The third kappa shape index (κ3) is 2.33. The molecule has 4 nitrogen and oxygen atoms in total. The minimum Gasteiger partial charge on any atom is -0.460 e. The SMILES string of the molecule is CCCNCc1cn[nH]c1-c1ccc(C)o1. The summed E-state index contributed by atoms with van der Waals surface area (Å²) in [5.41, 5.74) is 2.11. The Kier molecular flexibility index (Phi) is 3.41. The van der Waals surface area contributed by atoms with Crippen molar-refractivity contribution >= 4 is 0 Å². The van der Waals surface area contributed by atoms with Gasteiger partial charge in [-0.15, -0.1) is 0 Å². The molecule has 0 aliphatic carbocycles. The summed E-state index contributed by atoms with van der Waals surface area (Å²) in [6.07, 6.45) is 2.98. The average Bonchev–Trinajstić information content (AvgIpc) is 2.87. The van der Waals surface area contributed by atoms with Crippen LogP contribution in [0.25, 0.3) is 11.5 Å². The molecule has 0 spiro atoms. The lowest BCUT2D eigenvalue weighted by Crippen LogP contribution is -2.13. The van der Waals surface area contributed by atoms with E-state index >= 15 is 0 Å². The van der Waals surface area contributed by atoms with Crippen LogP contribution in [-0.2, 0) is 6.54 Å². The molecular weight excluding hydrogens is 202 g/mol. The van der Waals surface area contributed by atoms with Crippen molar-refractivity contribution in [2.75, 3.05) is 6.54 Å². The van der Waals surface area contributed by atoms with E-state index < -0.39 is 0 Å². The number of rotatable bonds is 5. The lowest BCUT2D eigenvalue weighted by Gasteiger charge is -2.02. The largest absolute Gasteiger partial charge is 0.460 e. The third-order valence-electron chi connectivity index (χ3n) is 2.45. The van der Waals surface area contributed by atoms with Gasteiger partial charge in [0, 0.05) is 12.1 Å². The molecule has 0 saturated heterocycles. The topological polar surface area (TPSA) is 53.9 Å². The van der Waals surface area contributed by atoms with E-state index in [1.807, 2.05) is 25.3 Å². The number of aromatic nitrogens is 2. The second kappa shape index (κ2) is 4.99. The standard InChI is InChI=1S/C12H17N3O/c1-3-6-13-7-10-8-14-15-12(10)11-5-4-9(2)16-11/h4-5,8,13H,3,6-7H2,1-2H3,(H,14,15). The monoisotopic (exact) mass is 219 g/mol. The molecular formula is C12H17N3O. The van der Waals surface area contributed by atoms with Crippen LogP contribution < -0.4 is 5.32 Å². The van der Waals surface area contributed by atoms with Crippen LogP contribution in [-0.4, -0.2) is 16.7 Å². The summed E-state index contributed by atoms with van der Waals surface area (Å²) in [6, 6.07) is 3.92. The number of nitrogens with one attached hydrogen (secondary N) is 2. The van der Waals surface area contributed by atoms with Gasteiger partial charge in [0.15, 0.2) is 5.76 Å². The Morgan fingerprint density at radius 3 is 3.00 bits per heavy atom. The fourth-order valence-electron chi connectivity index (χ4n) is 1.63. The van der Waals surface area contributed by atoms with Crippen LogP contribution in [0, 0.1) is 6.92 Å². The van der Waals surface area contributed by atoms with Crippen molar-refractivity contribution in [1.29, 1.82) is 0 Å². The molecule has 4 heteroatoms. The Morgan fingerprint density at radius 1 is 1.44 bits per heavy atom. The lowest BCUT2D eigenvalue weighted by molar-refractivity contribution is 0.545. The normalized spacial score (nSPS) is 10.9. The third-order valence-corrected chi connectivity index (χ3v) is 2.45. The first-order chi connectivity index (χ1) is 7.81. The first kappa shape index (κ1) is 11.0. The summed E-state index contributed by atoms with van der Waals surface area (Å²) < 4.78 is 5.58. The predicted octanol–water partition coefficient (Wildman–Crippen LogP) is 2.48. The first-order valence-corrected chi connectivity index (χ1v) is 5.61. The highest BCUT2D eigenvalue weighted by molar-refractivity contribution is 5.56. The van der Waals surface area contributed by atoms with Crippen molar-refractivity contribution in [3.8, 4) is 11.5 Å². The first-order valence-electron chi connectivity index (χ1n) is 5.61. The van der Waals surface area contributed by atoms with Crippen molar-refractivity contribution in [2.45, 2.75) is 26.8 Å². The van der Waals surface area contributed by atoms with Gasteiger partial charge in [-0.3, -0.25) is 5.10 Å². The molecule has 0 amide bonds. The Balaban J connectivity index is 2.12. The van der Waals surface area contributed by atoms with Gasteiger partial charge in [-0.25, -0.2) is 0 Å². The minimum atomic E-state index is 0.819. The molecule has 0 fully saturated rings. The Morgan fingerprint density at radius 2 is 2.31 bits per heavy atom. The van der Waals surface area contributed by atoms with E-state index in [-0.39, 0.29) is 0 Å². The molecule has 0 aliphatic rings. The summed E-state index contributed by atoms with van der Waals surface area (Å²) in [7, 11) is 0. The zero-order chi connectivity index (χ0) is 11.4. The van der Waals surface area contributed by atoms with E-state index in [0.29, 0.717) is 0 Å². The molecule has 0 bridgehead atoms. The molecule has 2 aromatic heterocycles. The summed E-state index contributed by atoms with van der Waals surface area (Å²) in [5.74, 6) is 1.76. The van der Waals surface area contributed by atoms with Gasteiger partial charge in [0.1, 0.15) is 11.5 Å². The maximum absolute atomic E-state index is 5.58. The van der Waals surface area contributed by atoms with Gasteiger partial charge in [-0.05, 0) is 32.0 Å². The fraction of sp³-hybridized carbons (Fsp3) is 0.417. The number of nitrogens with zero attached hydrogens (tertiary/aromatic N) is 1. The van der Waals surface area contributed by atoms with E-state index in [1.165, 1.54) is 0 Å². The molecule has 0 saturated carbocycles. The van der Waals surface area contributed by atoms with E-state index in [2.05, 4.69) is 22.4 Å². The second-order valence-corrected chi connectivity index (χ2v) is 3.86. The average molecular weight is 219 g/mol. The van der Waals surface area contributed by atoms with Gasteiger partial charge < -0.3 is 9.73 Å². The summed E-state index contributed by atoms with van der Waals surface area (Å²) in [5, 5.41) is 10.4. The number of aromatic amines is 1. The van der Waals surface area contributed by atoms with Gasteiger partial charge in [0.25, 0.3) is 0 Å². The van der Waals surface area contributed by atoms with Gasteiger partial charge in [-0.2, -0.15) is 5.10 Å². The molecule has 0 radical (unpaired) electrons. The second-order valence-electron chi connectivity index (χ2n) is 3.86. The zero-order valence-corrected chi connectivity index (χ0v) is 9.71. The molecule has 0 atom stereocenters. The van der Waals surface area contributed by atoms with Crippen molar-refractivity contribution < 1.29 is 4.42 Å². The highest BCUT2D eigenvalue weighted by Gasteiger charge is 2.10. The van der Waals surface area contributed by atoms with E-state index in [0.717, 1.165) is 42.3 Å². The van der Waals surface area contributed by atoms with Gasteiger partial charge >= 0.3 is 0 Å². The minimum absolute atomic E-state index is 0.819. The Labute approximate surface area is 95.1 Å². The van der Waals surface area contributed by atoms with Crippen LogP contribution >= 0.6 is 0 Å². The van der Waals surface area contributed by atoms with Crippen LogP contribution in [0.1, 0.15) is 24.7 Å². The molecule has 0 aliphatic heterocycles. The molecule has 0 unspecified atom stereocenters. The molecule has 2 heterocycles. The van der Waals surface area contributed by atoms with Crippen molar-refractivity contribution in [3.05, 3.63) is 29.7 Å². The van der Waals surface area contributed by atoms with Gasteiger partial charge in [0.2, 0.25) is 0 Å². The van der Waals surface area contributed by atoms with Crippen LogP contribution in [0.3, 0.4) is 0 Å². The molecule has 2 aromatic rings. The number of hydrogen-bond acceptors (Lipinski definition) is 3. The predicted molar refractivity (Wildman–Crippen MR) is 63.0 cm³/mol. The molecule has 86 valence electrons. The summed E-state index contributed by atoms with van der Waals surface area (Å²) >= 11 is 0. The van der Waals surface area contributed by atoms with Crippen molar-refractivity contribution in [3.63, 3.8) is 0 Å². The highest BCUT2D eigenvalue weighted by atomic mass is 16.3. The Hall–Kier alpha value is -1.55. The van der Waals surface area contributed by atoms with E-state index in [4.69, 9.17) is 4.42 Å². The van der Waals surface area contributed by atoms with E-state index in [1.54, 1.807) is 0 Å². The molecule has 16 heavy (non-hydrogen) atoms. The zero-order valence-electron chi connectivity index (χ0n) is 9.71. The smallest absolute Gasteiger partial charge is 0.152 e. The lowest BCUT2D eigenvalue weighted by atomic mass is 10.2. The molecule has 2 rings (SSSR count). The van der Waals surface area contributed by atoms with Crippen molar-refractivity contribution in [1.82, 2.24) is 15.5 Å². The van der Waals surface area contributed by atoms with Crippen LogP contribution in [0.4, 0.5) is 0 Å². The molecule has 0 aromatic carbocycles. The number of aryl methyl sites for hydroxylation is 1. The van der Waals surface area contributed by atoms with E-state index in [9.17, 15) is 0 Å². The Bertz CT molecular complexity index is 445. The van der Waals surface area contributed by atoms with Crippen LogP contribution in [0.15, 0.2) is 22.7 Å². The number of H-pyrrole nitrogens is 1. The quantitative estimate of drug-likeness (QED) is 0.759. The number of hydrogen-bond donors (Lipinski definition) is 2. The highest BCUT2D eigenvalue weighted by Crippen LogP contribution is 2.22. The summed E-state index contributed by atoms with van der Waals surface area (Å²) in [6.45, 7) is 5.93.